The van der Waals surface area contributed by atoms with Crippen LogP contribution >= 0.6 is 0 Å². The van der Waals surface area contributed by atoms with E-state index in [9.17, 15) is 0 Å². The average Bonchev–Trinajstić information content (AvgIpc) is 3.07. The maximum absolute atomic E-state index is 6.25. The number of fused-ring (bicyclic) bond motifs is 2. The molecule has 2 aromatic rings. The molecule has 0 unspecified atom stereocenters. The first-order chi connectivity index (χ1) is 10.8. The molecule has 1 saturated heterocycles. The molecule has 22 heavy (non-hydrogen) atoms. The Kier molecular flexibility index (Phi) is 3.59. The molecule has 4 rings (SSSR count). The Morgan fingerprint density at radius 3 is 2.82 bits per heavy atom. The van der Waals surface area contributed by atoms with E-state index in [0.717, 1.165) is 18.8 Å². The van der Waals surface area contributed by atoms with Gasteiger partial charge in [-0.05, 0) is 37.5 Å². The maximum Gasteiger partial charge on any atom is 0.138 e. The van der Waals surface area contributed by atoms with Crippen LogP contribution in [0.1, 0.15) is 24.0 Å². The first kappa shape index (κ1) is 13.8. The van der Waals surface area contributed by atoms with Crippen LogP contribution in [0, 0.1) is 12.8 Å². The maximum atomic E-state index is 6.25. The Balaban J connectivity index is 1.45. The van der Waals surface area contributed by atoms with E-state index >= 15 is 0 Å². The molecule has 2 fully saturated rings. The molecule has 1 aliphatic carbocycles. The fourth-order valence-electron chi connectivity index (χ4n) is 3.91. The largest absolute Gasteiger partial charge is 0.487 e. The van der Waals surface area contributed by atoms with E-state index in [4.69, 9.17) is 4.74 Å². The van der Waals surface area contributed by atoms with Gasteiger partial charge < -0.3 is 4.74 Å². The molecular formula is C19H22N2O. The molecular weight excluding hydrogens is 272 g/mol. The van der Waals surface area contributed by atoms with Crippen molar-refractivity contribution < 1.29 is 4.74 Å². The van der Waals surface area contributed by atoms with E-state index in [-0.39, 0.29) is 0 Å². The molecule has 3 atom stereocenters. The van der Waals surface area contributed by atoms with Crippen LogP contribution in [0.25, 0.3) is 0 Å². The van der Waals surface area contributed by atoms with Gasteiger partial charge in [0.2, 0.25) is 0 Å². The minimum atomic E-state index is 0.328. The minimum absolute atomic E-state index is 0.328. The topological polar surface area (TPSA) is 25.4 Å². The third kappa shape index (κ3) is 2.61. The van der Waals surface area contributed by atoms with Crippen LogP contribution in [-0.4, -0.2) is 28.6 Å². The third-order valence-corrected chi connectivity index (χ3v) is 5.03. The lowest BCUT2D eigenvalue weighted by Crippen LogP contribution is -2.35. The van der Waals surface area contributed by atoms with Crippen molar-refractivity contribution in [3.8, 4) is 5.75 Å². The van der Waals surface area contributed by atoms with Crippen molar-refractivity contribution >= 4 is 0 Å². The van der Waals surface area contributed by atoms with E-state index < -0.39 is 0 Å². The van der Waals surface area contributed by atoms with E-state index in [1.807, 2.05) is 18.3 Å². The monoisotopic (exact) mass is 294 g/mol. The second-order valence-electron chi connectivity index (χ2n) is 6.59. The number of pyridine rings is 1. The Morgan fingerprint density at radius 2 is 2.05 bits per heavy atom. The van der Waals surface area contributed by atoms with Gasteiger partial charge in [0, 0.05) is 31.2 Å². The van der Waals surface area contributed by atoms with Gasteiger partial charge in [-0.2, -0.15) is 0 Å². The van der Waals surface area contributed by atoms with Gasteiger partial charge in [0.15, 0.2) is 0 Å². The zero-order chi connectivity index (χ0) is 14.9. The van der Waals surface area contributed by atoms with Crippen LogP contribution in [0.5, 0.6) is 5.75 Å². The average molecular weight is 294 g/mol. The molecule has 114 valence electrons. The second-order valence-corrected chi connectivity index (χ2v) is 6.59. The summed E-state index contributed by atoms with van der Waals surface area (Å²) in [5.41, 5.74) is 2.72. The van der Waals surface area contributed by atoms with Crippen molar-refractivity contribution in [3.63, 3.8) is 0 Å². The lowest BCUT2D eigenvalue weighted by molar-refractivity contribution is 0.141. The summed E-state index contributed by atoms with van der Waals surface area (Å²) < 4.78 is 6.25. The van der Waals surface area contributed by atoms with Gasteiger partial charge in [0.25, 0.3) is 0 Å². The van der Waals surface area contributed by atoms with E-state index in [1.165, 1.54) is 24.0 Å². The zero-order valence-corrected chi connectivity index (χ0v) is 13.0. The molecule has 0 amide bonds. The van der Waals surface area contributed by atoms with Gasteiger partial charge >= 0.3 is 0 Å². The lowest BCUT2D eigenvalue weighted by atomic mass is 10.1. The molecule has 0 radical (unpaired) electrons. The Hall–Kier alpha value is -1.87. The summed E-state index contributed by atoms with van der Waals surface area (Å²) in [6.45, 7) is 4.33. The summed E-state index contributed by atoms with van der Waals surface area (Å²) >= 11 is 0. The standard InChI is InChI=1S/C19H22N2O/c1-14-4-6-15(7-5-14)12-21-13-16-8-9-18(21)19(16)22-17-3-2-10-20-11-17/h2-7,10-11,16,18-19H,8-9,12-13H2,1H3/t16-,18+,19-/m1/s1. The summed E-state index contributed by atoms with van der Waals surface area (Å²) in [6, 6.07) is 13.4. The first-order valence-corrected chi connectivity index (χ1v) is 8.16. The Bertz CT molecular complexity index is 626. The van der Waals surface area contributed by atoms with Gasteiger partial charge in [-0.25, -0.2) is 0 Å². The molecule has 1 aromatic carbocycles. The molecule has 3 nitrogen and oxygen atoms in total. The van der Waals surface area contributed by atoms with Gasteiger partial charge in [0.05, 0.1) is 6.20 Å². The summed E-state index contributed by atoms with van der Waals surface area (Å²) in [7, 11) is 0. The smallest absolute Gasteiger partial charge is 0.138 e. The van der Waals surface area contributed by atoms with Crippen molar-refractivity contribution in [2.75, 3.05) is 6.54 Å². The summed E-state index contributed by atoms with van der Waals surface area (Å²) in [4.78, 5) is 6.75. The number of likely N-dealkylation sites (tertiary alicyclic amines) is 1. The van der Waals surface area contributed by atoms with E-state index in [0.29, 0.717) is 18.1 Å². The fourth-order valence-corrected chi connectivity index (χ4v) is 3.91. The molecule has 3 heteroatoms. The predicted molar refractivity (Wildman–Crippen MR) is 86.8 cm³/mol. The minimum Gasteiger partial charge on any atom is -0.487 e. The first-order valence-electron chi connectivity index (χ1n) is 8.16. The Labute approximate surface area is 131 Å². The van der Waals surface area contributed by atoms with Crippen LogP contribution in [0.2, 0.25) is 0 Å². The highest BCUT2D eigenvalue weighted by molar-refractivity contribution is 5.22. The molecule has 1 aromatic heterocycles. The predicted octanol–water partition coefficient (Wildman–Crippen LogP) is 3.43. The zero-order valence-electron chi connectivity index (χ0n) is 13.0. The molecule has 2 bridgehead atoms. The number of rotatable bonds is 4. The van der Waals surface area contributed by atoms with Crippen LogP contribution in [0.3, 0.4) is 0 Å². The van der Waals surface area contributed by atoms with Crippen LogP contribution in [-0.2, 0) is 6.54 Å². The SMILES string of the molecule is Cc1ccc(CN2C[C@H]3CC[C@H]2[C@@H]3Oc2cccnc2)cc1. The lowest BCUT2D eigenvalue weighted by Gasteiger charge is -2.27. The highest BCUT2D eigenvalue weighted by Crippen LogP contribution is 2.40. The number of benzene rings is 1. The van der Waals surface area contributed by atoms with Gasteiger partial charge in [-0.1, -0.05) is 29.8 Å². The van der Waals surface area contributed by atoms with Crippen molar-refractivity contribution in [2.45, 2.75) is 38.5 Å². The number of piperidine rings is 1. The van der Waals surface area contributed by atoms with Crippen molar-refractivity contribution in [1.29, 1.82) is 0 Å². The van der Waals surface area contributed by atoms with Gasteiger partial charge in [-0.3, -0.25) is 9.88 Å². The van der Waals surface area contributed by atoms with Gasteiger partial charge in [-0.15, -0.1) is 0 Å². The van der Waals surface area contributed by atoms with E-state index in [1.54, 1.807) is 6.20 Å². The number of aryl methyl sites for hydroxylation is 1. The second kappa shape index (κ2) is 5.73. The third-order valence-electron chi connectivity index (χ3n) is 5.03. The number of aromatic nitrogens is 1. The molecule has 1 saturated carbocycles. The van der Waals surface area contributed by atoms with Crippen LogP contribution in [0.4, 0.5) is 0 Å². The number of nitrogens with zero attached hydrogens (tertiary/aromatic N) is 2. The van der Waals surface area contributed by atoms with Crippen LogP contribution < -0.4 is 4.74 Å². The number of hydrogen-bond donors (Lipinski definition) is 0. The summed E-state index contributed by atoms with van der Waals surface area (Å²) in [6.07, 6.45) is 6.48. The van der Waals surface area contributed by atoms with Crippen LogP contribution in [0.15, 0.2) is 48.8 Å². The van der Waals surface area contributed by atoms with Crippen molar-refractivity contribution in [3.05, 3.63) is 59.9 Å². The van der Waals surface area contributed by atoms with E-state index in [2.05, 4.69) is 41.1 Å². The van der Waals surface area contributed by atoms with Gasteiger partial charge in [0.1, 0.15) is 11.9 Å². The summed E-state index contributed by atoms with van der Waals surface area (Å²) in [5, 5.41) is 0. The molecule has 2 heterocycles. The summed E-state index contributed by atoms with van der Waals surface area (Å²) in [5.74, 6) is 1.57. The molecule has 0 N–H and O–H groups in total. The molecule has 2 aliphatic rings. The number of ether oxygens (including phenoxy) is 1. The normalized spacial score (nSPS) is 27.2. The quantitative estimate of drug-likeness (QED) is 0.864. The Morgan fingerprint density at radius 1 is 1.18 bits per heavy atom. The number of hydrogen-bond acceptors (Lipinski definition) is 3. The van der Waals surface area contributed by atoms with Crippen molar-refractivity contribution in [2.24, 2.45) is 5.92 Å². The highest BCUT2D eigenvalue weighted by atomic mass is 16.5. The van der Waals surface area contributed by atoms with Crippen molar-refractivity contribution in [1.82, 2.24) is 9.88 Å². The molecule has 1 aliphatic heterocycles. The fraction of sp³-hybridized carbons (Fsp3) is 0.421. The molecule has 0 spiro atoms. The highest BCUT2D eigenvalue weighted by Gasteiger charge is 2.48.